The number of carbonyl (C=O) groups excluding carboxylic acids is 2. The highest BCUT2D eigenvalue weighted by molar-refractivity contribution is 7.99. The summed E-state index contributed by atoms with van der Waals surface area (Å²) in [5.74, 6) is 1.33. The van der Waals surface area contributed by atoms with Gasteiger partial charge in [0.15, 0.2) is 0 Å². The van der Waals surface area contributed by atoms with Crippen LogP contribution in [0.15, 0.2) is 36.5 Å². The number of benzene rings is 1. The Morgan fingerprint density at radius 2 is 2.04 bits per heavy atom. The number of nitrogens with one attached hydrogen (secondary N) is 1. The van der Waals surface area contributed by atoms with E-state index in [0.717, 1.165) is 10.9 Å². The molecule has 0 bridgehead atoms. The van der Waals surface area contributed by atoms with E-state index in [2.05, 4.69) is 24.1 Å². The summed E-state index contributed by atoms with van der Waals surface area (Å²) in [6.07, 6.45) is 1.71. The molecular weight excluding hydrogens is 334 g/mol. The van der Waals surface area contributed by atoms with Crippen LogP contribution < -0.4 is 5.32 Å². The first-order valence-electron chi connectivity index (χ1n) is 8.52. The molecule has 1 fully saturated rings. The highest BCUT2D eigenvalue weighted by Crippen LogP contribution is 2.26. The van der Waals surface area contributed by atoms with E-state index in [1.165, 1.54) is 0 Å². The van der Waals surface area contributed by atoms with Crippen LogP contribution in [-0.2, 0) is 4.79 Å². The second kappa shape index (κ2) is 7.44. The highest BCUT2D eigenvalue weighted by atomic mass is 32.2. The smallest absolute Gasteiger partial charge is 0.255 e. The van der Waals surface area contributed by atoms with Gasteiger partial charge in [0.1, 0.15) is 6.04 Å². The molecule has 1 saturated heterocycles. The van der Waals surface area contributed by atoms with Crippen molar-refractivity contribution in [3.05, 3.63) is 42.1 Å². The third kappa shape index (κ3) is 3.63. The molecule has 2 heterocycles. The lowest BCUT2D eigenvalue weighted by atomic mass is 10.1. The van der Waals surface area contributed by atoms with Gasteiger partial charge in [0, 0.05) is 28.9 Å². The first kappa shape index (κ1) is 17.7. The standard InChI is InChI=1S/C19H23N3O2S/c1-12(2)13(3)21-18(23)17-10-25-11-22(17)19(24)15-6-4-8-16-14(15)7-5-9-20-16/h4-9,12-13,17H,10-11H2,1-3H3,(H,21,23)/t13-,17+/m0/s1. The van der Waals surface area contributed by atoms with Crippen LogP contribution in [0.5, 0.6) is 0 Å². The normalized spacial score (nSPS) is 18.6. The minimum absolute atomic E-state index is 0.0714. The van der Waals surface area contributed by atoms with E-state index >= 15 is 0 Å². The molecule has 3 rings (SSSR count). The second-order valence-corrected chi connectivity index (χ2v) is 7.71. The fraction of sp³-hybridized carbons (Fsp3) is 0.421. The van der Waals surface area contributed by atoms with Gasteiger partial charge in [-0.15, -0.1) is 11.8 Å². The average molecular weight is 357 g/mol. The van der Waals surface area contributed by atoms with Crippen molar-refractivity contribution >= 4 is 34.5 Å². The van der Waals surface area contributed by atoms with Crippen LogP contribution in [0.2, 0.25) is 0 Å². The Hall–Kier alpha value is -2.08. The van der Waals surface area contributed by atoms with Gasteiger partial charge in [-0.1, -0.05) is 26.0 Å². The molecule has 5 nitrogen and oxygen atoms in total. The van der Waals surface area contributed by atoms with E-state index < -0.39 is 6.04 Å². The highest BCUT2D eigenvalue weighted by Gasteiger charge is 2.36. The molecule has 0 saturated carbocycles. The Labute approximate surface area is 152 Å². The van der Waals surface area contributed by atoms with E-state index in [1.807, 2.05) is 31.2 Å². The van der Waals surface area contributed by atoms with Gasteiger partial charge >= 0.3 is 0 Å². The maximum Gasteiger partial charge on any atom is 0.255 e. The van der Waals surface area contributed by atoms with Crippen molar-refractivity contribution < 1.29 is 9.59 Å². The van der Waals surface area contributed by atoms with Crippen molar-refractivity contribution in [1.29, 1.82) is 0 Å². The van der Waals surface area contributed by atoms with Gasteiger partial charge in [-0.3, -0.25) is 14.6 Å². The zero-order chi connectivity index (χ0) is 18.0. The maximum absolute atomic E-state index is 13.1. The van der Waals surface area contributed by atoms with Gasteiger partial charge in [-0.05, 0) is 31.0 Å². The zero-order valence-electron chi connectivity index (χ0n) is 14.7. The lowest BCUT2D eigenvalue weighted by Gasteiger charge is -2.26. The largest absolute Gasteiger partial charge is 0.352 e. The Balaban J connectivity index is 1.84. The number of hydrogen-bond acceptors (Lipinski definition) is 4. The quantitative estimate of drug-likeness (QED) is 0.914. The number of nitrogens with zero attached hydrogens (tertiary/aromatic N) is 2. The Morgan fingerprint density at radius 1 is 1.24 bits per heavy atom. The number of hydrogen-bond donors (Lipinski definition) is 1. The van der Waals surface area contributed by atoms with Crippen molar-refractivity contribution in [3.63, 3.8) is 0 Å². The van der Waals surface area contributed by atoms with Gasteiger partial charge in [-0.2, -0.15) is 0 Å². The molecule has 132 valence electrons. The van der Waals surface area contributed by atoms with Crippen LogP contribution in [0, 0.1) is 5.92 Å². The molecule has 0 unspecified atom stereocenters. The Kier molecular flexibility index (Phi) is 5.27. The van der Waals surface area contributed by atoms with Gasteiger partial charge in [0.25, 0.3) is 5.91 Å². The number of rotatable bonds is 4. The van der Waals surface area contributed by atoms with Crippen molar-refractivity contribution in [2.45, 2.75) is 32.9 Å². The van der Waals surface area contributed by atoms with Crippen molar-refractivity contribution in [3.8, 4) is 0 Å². The van der Waals surface area contributed by atoms with E-state index in [9.17, 15) is 9.59 Å². The summed E-state index contributed by atoms with van der Waals surface area (Å²) in [4.78, 5) is 31.7. The summed E-state index contributed by atoms with van der Waals surface area (Å²) in [5, 5.41) is 3.86. The van der Waals surface area contributed by atoms with E-state index in [0.29, 0.717) is 23.1 Å². The summed E-state index contributed by atoms with van der Waals surface area (Å²) >= 11 is 1.61. The van der Waals surface area contributed by atoms with Gasteiger partial charge < -0.3 is 10.2 Å². The van der Waals surface area contributed by atoms with E-state index in [-0.39, 0.29) is 17.9 Å². The molecular formula is C19H23N3O2S. The molecule has 2 amide bonds. The lowest BCUT2D eigenvalue weighted by Crippen LogP contribution is -2.50. The van der Waals surface area contributed by atoms with E-state index in [4.69, 9.17) is 0 Å². The van der Waals surface area contributed by atoms with E-state index in [1.54, 1.807) is 28.9 Å². The number of carbonyl (C=O) groups is 2. The van der Waals surface area contributed by atoms with Gasteiger partial charge in [-0.25, -0.2) is 0 Å². The van der Waals surface area contributed by atoms with Gasteiger partial charge in [0.05, 0.1) is 11.4 Å². The predicted octanol–water partition coefficient (Wildman–Crippen LogP) is 2.91. The van der Waals surface area contributed by atoms with Crippen LogP contribution >= 0.6 is 11.8 Å². The topological polar surface area (TPSA) is 62.3 Å². The predicted molar refractivity (Wildman–Crippen MR) is 101 cm³/mol. The second-order valence-electron chi connectivity index (χ2n) is 6.71. The first-order chi connectivity index (χ1) is 12.0. The minimum atomic E-state index is -0.425. The maximum atomic E-state index is 13.1. The number of fused-ring (bicyclic) bond motifs is 1. The first-order valence-corrected chi connectivity index (χ1v) is 9.67. The molecule has 25 heavy (non-hydrogen) atoms. The molecule has 1 aliphatic heterocycles. The van der Waals surface area contributed by atoms with Crippen molar-refractivity contribution in [1.82, 2.24) is 15.2 Å². The Morgan fingerprint density at radius 3 is 2.80 bits per heavy atom. The average Bonchev–Trinajstić information content (AvgIpc) is 3.10. The molecule has 1 aromatic carbocycles. The van der Waals surface area contributed by atoms with Crippen LogP contribution in [0.4, 0.5) is 0 Å². The third-order valence-electron chi connectivity index (χ3n) is 4.69. The monoisotopic (exact) mass is 357 g/mol. The Bertz CT molecular complexity index is 788. The summed E-state index contributed by atoms with van der Waals surface area (Å²) in [6, 6.07) is 8.91. The molecule has 1 N–H and O–H groups in total. The number of aromatic nitrogens is 1. The van der Waals surface area contributed by atoms with Crippen LogP contribution in [-0.4, -0.2) is 45.4 Å². The van der Waals surface area contributed by atoms with Crippen molar-refractivity contribution in [2.24, 2.45) is 5.92 Å². The molecule has 0 aliphatic carbocycles. The van der Waals surface area contributed by atoms with Crippen LogP contribution in [0.25, 0.3) is 10.9 Å². The lowest BCUT2D eigenvalue weighted by molar-refractivity contribution is -0.125. The SMILES string of the molecule is CC(C)[C@H](C)NC(=O)[C@H]1CSCN1C(=O)c1cccc2ncccc12. The molecule has 2 aromatic rings. The third-order valence-corrected chi connectivity index (χ3v) is 5.70. The molecule has 2 atom stereocenters. The fourth-order valence-corrected chi connectivity index (χ4v) is 3.95. The minimum Gasteiger partial charge on any atom is -0.352 e. The molecule has 6 heteroatoms. The number of amides is 2. The number of thioether (sulfide) groups is 1. The molecule has 0 spiro atoms. The summed E-state index contributed by atoms with van der Waals surface area (Å²) in [5.41, 5.74) is 1.39. The zero-order valence-corrected chi connectivity index (χ0v) is 15.5. The molecule has 1 aliphatic rings. The number of pyridine rings is 1. The van der Waals surface area contributed by atoms with Crippen LogP contribution in [0.1, 0.15) is 31.1 Å². The van der Waals surface area contributed by atoms with Crippen molar-refractivity contribution in [2.75, 3.05) is 11.6 Å². The van der Waals surface area contributed by atoms with Crippen LogP contribution in [0.3, 0.4) is 0 Å². The molecule has 0 radical (unpaired) electrons. The molecule has 1 aromatic heterocycles. The fourth-order valence-electron chi connectivity index (χ4n) is 2.79. The summed E-state index contributed by atoms with van der Waals surface area (Å²) in [6.45, 7) is 6.13. The summed E-state index contributed by atoms with van der Waals surface area (Å²) in [7, 11) is 0. The van der Waals surface area contributed by atoms with Gasteiger partial charge in [0.2, 0.25) is 5.91 Å². The summed E-state index contributed by atoms with van der Waals surface area (Å²) < 4.78 is 0.